The van der Waals surface area contributed by atoms with Crippen LogP contribution in [0.3, 0.4) is 0 Å². The number of carboxylic acids is 1. The van der Waals surface area contributed by atoms with E-state index in [9.17, 15) is 19.7 Å². The van der Waals surface area contributed by atoms with Gasteiger partial charge in [0.05, 0.1) is 4.92 Å². The van der Waals surface area contributed by atoms with Crippen LogP contribution in [-0.4, -0.2) is 27.9 Å². The van der Waals surface area contributed by atoms with Crippen molar-refractivity contribution in [3.63, 3.8) is 0 Å². The van der Waals surface area contributed by atoms with Crippen molar-refractivity contribution in [1.82, 2.24) is 5.32 Å². The minimum atomic E-state index is -1.16. The van der Waals surface area contributed by atoms with Crippen LogP contribution >= 0.6 is 0 Å². The molecule has 1 aromatic rings. The zero-order valence-corrected chi connectivity index (χ0v) is 11.4. The molecule has 0 spiro atoms. The van der Waals surface area contributed by atoms with E-state index in [1.807, 2.05) is 0 Å². The fraction of sp³-hybridized carbons (Fsp3) is 0.385. The lowest BCUT2D eigenvalue weighted by Gasteiger charge is -2.27. The molecule has 0 aliphatic carbocycles. The first-order chi connectivity index (χ1) is 9.12. The monoisotopic (exact) mass is 280 g/mol. The molecule has 7 heteroatoms. The second-order valence-electron chi connectivity index (χ2n) is 5.42. The summed E-state index contributed by atoms with van der Waals surface area (Å²) < 4.78 is 0. The second-order valence-corrected chi connectivity index (χ2v) is 5.42. The minimum absolute atomic E-state index is 0.0506. The number of nitro benzene ring substituents is 1. The first-order valence-electron chi connectivity index (χ1n) is 5.91. The summed E-state index contributed by atoms with van der Waals surface area (Å²) in [5.41, 5.74) is -0.850. The standard InChI is InChI=1S/C13H16N2O5/c1-13(2,3)10(12(17)18)14-11(16)8-5-4-6-9(7-8)15(19)20/h4-7,10H,1-3H3,(H,14,16)(H,17,18)/t10-/m1/s1. The molecule has 1 aromatic carbocycles. The predicted molar refractivity (Wildman–Crippen MR) is 71.4 cm³/mol. The summed E-state index contributed by atoms with van der Waals surface area (Å²) in [6, 6.07) is 4.05. The Kier molecular flexibility index (Phi) is 4.44. The van der Waals surface area contributed by atoms with Crippen molar-refractivity contribution in [2.24, 2.45) is 5.41 Å². The highest BCUT2D eigenvalue weighted by atomic mass is 16.6. The Morgan fingerprint density at radius 3 is 2.40 bits per heavy atom. The lowest BCUT2D eigenvalue weighted by molar-refractivity contribution is -0.384. The molecule has 20 heavy (non-hydrogen) atoms. The van der Waals surface area contributed by atoms with Crippen molar-refractivity contribution in [2.75, 3.05) is 0 Å². The van der Waals surface area contributed by atoms with Crippen molar-refractivity contribution in [1.29, 1.82) is 0 Å². The van der Waals surface area contributed by atoms with Crippen molar-refractivity contribution >= 4 is 17.6 Å². The smallest absolute Gasteiger partial charge is 0.326 e. The van der Waals surface area contributed by atoms with E-state index in [0.29, 0.717) is 0 Å². The molecule has 0 saturated heterocycles. The van der Waals surface area contributed by atoms with Gasteiger partial charge < -0.3 is 10.4 Å². The Bertz CT molecular complexity index is 548. The molecular formula is C13H16N2O5. The van der Waals surface area contributed by atoms with E-state index in [1.54, 1.807) is 20.8 Å². The van der Waals surface area contributed by atoms with Gasteiger partial charge in [0, 0.05) is 17.7 Å². The molecule has 0 bridgehead atoms. The Balaban J connectivity index is 2.98. The average Bonchev–Trinajstić information content (AvgIpc) is 2.33. The lowest BCUT2D eigenvalue weighted by Crippen LogP contribution is -2.49. The van der Waals surface area contributed by atoms with Crippen molar-refractivity contribution in [3.8, 4) is 0 Å². The Hall–Kier alpha value is -2.44. The topological polar surface area (TPSA) is 110 Å². The van der Waals surface area contributed by atoms with Gasteiger partial charge in [-0.15, -0.1) is 0 Å². The first-order valence-corrected chi connectivity index (χ1v) is 5.91. The number of amides is 1. The summed E-state index contributed by atoms with van der Waals surface area (Å²) in [4.78, 5) is 33.2. The number of carboxylic acid groups (broad SMARTS) is 1. The van der Waals surface area contributed by atoms with Crippen LogP contribution in [0.4, 0.5) is 5.69 Å². The van der Waals surface area contributed by atoms with Crippen molar-refractivity contribution < 1.29 is 19.6 Å². The average molecular weight is 280 g/mol. The van der Waals surface area contributed by atoms with E-state index in [-0.39, 0.29) is 11.3 Å². The number of benzene rings is 1. The van der Waals surface area contributed by atoms with Crippen LogP contribution in [0.5, 0.6) is 0 Å². The maximum absolute atomic E-state index is 12.0. The lowest BCUT2D eigenvalue weighted by atomic mass is 9.86. The summed E-state index contributed by atoms with van der Waals surface area (Å²) in [6.07, 6.45) is 0. The van der Waals surface area contributed by atoms with Crippen LogP contribution in [0.15, 0.2) is 24.3 Å². The molecular weight excluding hydrogens is 264 g/mol. The molecule has 1 atom stereocenters. The molecule has 108 valence electrons. The molecule has 1 rings (SSSR count). The quantitative estimate of drug-likeness (QED) is 0.645. The van der Waals surface area contributed by atoms with Crippen molar-refractivity contribution in [2.45, 2.75) is 26.8 Å². The first kappa shape index (κ1) is 15.6. The molecule has 0 unspecified atom stereocenters. The van der Waals surface area contributed by atoms with Crippen LogP contribution in [0.1, 0.15) is 31.1 Å². The van der Waals surface area contributed by atoms with Gasteiger partial charge in [-0.3, -0.25) is 14.9 Å². The summed E-state index contributed by atoms with van der Waals surface area (Å²) in [7, 11) is 0. The molecule has 1 amide bonds. The highest BCUT2D eigenvalue weighted by Crippen LogP contribution is 2.20. The maximum atomic E-state index is 12.0. The molecule has 0 saturated carbocycles. The molecule has 2 N–H and O–H groups in total. The maximum Gasteiger partial charge on any atom is 0.326 e. The number of nitrogens with zero attached hydrogens (tertiary/aromatic N) is 1. The molecule has 0 aromatic heterocycles. The Morgan fingerprint density at radius 1 is 1.35 bits per heavy atom. The fourth-order valence-electron chi connectivity index (χ4n) is 1.62. The number of carbonyl (C=O) groups is 2. The summed E-state index contributed by atoms with van der Waals surface area (Å²) in [6.45, 7) is 5.04. The third kappa shape index (κ3) is 3.78. The number of non-ortho nitro benzene ring substituents is 1. The normalized spacial score (nSPS) is 12.6. The summed E-state index contributed by atoms with van der Waals surface area (Å²) >= 11 is 0. The predicted octanol–water partition coefficient (Wildman–Crippen LogP) is 1.82. The van der Waals surface area contributed by atoms with E-state index in [2.05, 4.69) is 5.32 Å². The largest absolute Gasteiger partial charge is 0.480 e. The zero-order valence-electron chi connectivity index (χ0n) is 11.4. The second kappa shape index (κ2) is 5.68. The molecule has 0 aliphatic heterocycles. The van der Waals surface area contributed by atoms with Crippen LogP contribution in [0.25, 0.3) is 0 Å². The molecule has 0 aliphatic rings. The van der Waals surface area contributed by atoms with Gasteiger partial charge in [-0.1, -0.05) is 26.8 Å². The van der Waals surface area contributed by atoms with E-state index in [1.165, 1.54) is 18.2 Å². The Morgan fingerprint density at radius 2 is 1.95 bits per heavy atom. The van der Waals surface area contributed by atoms with E-state index >= 15 is 0 Å². The SMILES string of the molecule is CC(C)(C)[C@H](NC(=O)c1cccc([N+](=O)[O-])c1)C(=O)O. The van der Waals surface area contributed by atoms with Gasteiger partial charge in [0.25, 0.3) is 11.6 Å². The number of rotatable bonds is 4. The van der Waals surface area contributed by atoms with Gasteiger partial charge in [-0.05, 0) is 11.5 Å². The van der Waals surface area contributed by atoms with Gasteiger partial charge in [-0.2, -0.15) is 0 Å². The third-order valence-corrected chi connectivity index (χ3v) is 2.71. The van der Waals surface area contributed by atoms with Crippen LogP contribution in [-0.2, 0) is 4.79 Å². The van der Waals surface area contributed by atoms with Gasteiger partial charge in [0.1, 0.15) is 6.04 Å². The number of hydrogen-bond acceptors (Lipinski definition) is 4. The zero-order chi connectivity index (χ0) is 15.5. The third-order valence-electron chi connectivity index (χ3n) is 2.71. The highest BCUT2D eigenvalue weighted by Gasteiger charge is 2.32. The molecule has 7 nitrogen and oxygen atoms in total. The van der Waals surface area contributed by atoms with E-state index in [0.717, 1.165) is 6.07 Å². The van der Waals surface area contributed by atoms with E-state index < -0.39 is 28.3 Å². The summed E-state index contributed by atoms with van der Waals surface area (Å²) in [5.74, 6) is -1.81. The van der Waals surface area contributed by atoms with Gasteiger partial charge in [0.15, 0.2) is 0 Å². The van der Waals surface area contributed by atoms with Crippen molar-refractivity contribution in [3.05, 3.63) is 39.9 Å². The van der Waals surface area contributed by atoms with Gasteiger partial charge in [0.2, 0.25) is 0 Å². The van der Waals surface area contributed by atoms with Gasteiger partial charge in [-0.25, -0.2) is 4.79 Å². The minimum Gasteiger partial charge on any atom is -0.480 e. The number of aliphatic carboxylic acids is 1. The molecule has 0 radical (unpaired) electrons. The number of nitrogens with one attached hydrogen (secondary N) is 1. The highest BCUT2D eigenvalue weighted by molar-refractivity contribution is 5.97. The van der Waals surface area contributed by atoms with Gasteiger partial charge >= 0.3 is 5.97 Å². The van der Waals surface area contributed by atoms with Crippen LogP contribution in [0, 0.1) is 15.5 Å². The number of carbonyl (C=O) groups excluding carboxylic acids is 1. The number of nitro groups is 1. The Labute approximate surface area is 115 Å². The van der Waals surface area contributed by atoms with E-state index in [4.69, 9.17) is 5.11 Å². The van der Waals surface area contributed by atoms with Crippen LogP contribution in [0.2, 0.25) is 0 Å². The summed E-state index contributed by atoms with van der Waals surface area (Å²) in [5, 5.41) is 22.1. The molecule has 0 fully saturated rings. The van der Waals surface area contributed by atoms with Crippen LogP contribution < -0.4 is 5.32 Å². The fourth-order valence-corrected chi connectivity index (χ4v) is 1.62. The number of hydrogen-bond donors (Lipinski definition) is 2. The molecule has 0 heterocycles.